The number of aromatic nitrogens is 1. The minimum atomic E-state index is -3.53. The number of benzene rings is 2. The Kier molecular flexibility index (Phi) is 5.74. The molecular weight excluding hydrogens is 408 g/mol. The third kappa shape index (κ3) is 4.53. The van der Waals surface area contributed by atoms with Crippen molar-refractivity contribution in [2.75, 3.05) is 25.5 Å². The summed E-state index contributed by atoms with van der Waals surface area (Å²) in [6.45, 7) is 1.45. The Morgan fingerprint density at radius 2 is 1.97 bits per heavy atom. The molecule has 0 spiro atoms. The first-order valence-electron chi connectivity index (χ1n) is 9.54. The van der Waals surface area contributed by atoms with E-state index in [-0.39, 0.29) is 10.9 Å². The number of hydrogen-bond donors (Lipinski definition) is 2. The van der Waals surface area contributed by atoms with Gasteiger partial charge in [0.05, 0.1) is 10.4 Å². The van der Waals surface area contributed by atoms with E-state index in [1.807, 2.05) is 31.3 Å². The van der Waals surface area contributed by atoms with E-state index in [1.54, 1.807) is 30.5 Å². The normalized spacial score (nSPS) is 17.7. The van der Waals surface area contributed by atoms with Gasteiger partial charge in [-0.2, -0.15) is 0 Å². The summed E-state index contributed by atoms with van der Waals surface area (Å²) in [5.74, 6) is 0. The number of nitrogens with zero attached hydrogens (tertiary/aromatic N) is 2. The summed E-state index contributed by atoms with van der Waals surface area (Å²) in [5.41, 5.74) is 2.47. The summed E-state index contributed by atoms with van der Waals surface area (Å²) in [6.07, 6.45) is 3.84. The quantitative estimate of drug-likeness (QED) is 0.618. The minimum Gasteiger partial charge on any atom is -0.355 e. The molecule has 8 heteroatoms. The van der Waals surface area contributed by atoms with E-state index in [0.717, 1.165) is 41.7 Å². The third-order valence-corrected chi connectivity index (χ3v) is 7.00. The van der Waals surface area contributed by atoms with Gasteiger partial charge in [0.2, 0.25) is 10.0 Å². The summed E-state index contributed by atoms with van der Waals surface area (Å²) in [4.78, 5) is 6.79. The van der Waals surface area contributed by atoms with Gasteiger partial charge < -0.3 is 10.2 Å². The van der Waals surface area contributed by atoms with Crippen LogP contribution in [0.3, 0.4) is 0 Å². The molecule has 3 aromatic rings. The van der Waals surface area contributed by atoms with Gasteiger partial charge in [-0.05, 0) is 75.0 Å². The van der Waals surface area contributed by atoms with Crippen molar-refractivity contribution in [2.45, 2.75) is 23.8 Å². The van der Waals surface area contributed by atoms with Gasteiger partial charge in [0.25, 0.3) is 0 Å². The smallest absolute Gasteiger partial charge is 0.240 e. The number of likely N-dealkylation sites (tertiary alicyclic amines) is 1. The van der Waals surface area contributed by atoms with Crippen molar-refractivity contribution in [2.24, 2.45) is 0 Å². The zero-order chi connectivity index (χ0) is 20.4. The third-order valence-electron chi connectivity index (χ3n) is 5.33. The molecule has 4 rings (SSSR count). The van der Waals surface area contributed by atoms with Crippen molar-refractivity contribution in [1.82, 2.24) is 14.6 Å². The lowest BCUT2D eigenvalue weighted by Crippen LogP contribution is -2.38. The van der Waals surface area contributed by atoms with Crippen LogP contribution in [0.2, 0.25) is 5.02 Å². The lowest BCUT2D eigenvalue weighted by molar-refractivity contribution is 0.311. The maximum atomic E-state index is 12.6. The predicted molar refractivity (Wildman–Crippen MR) is 117 cm³/mol. The lowest BCUT2D eigenvalue weighted by atomic mass is 10.2. The molecule has 2 N–H and O–H groups in total. The summed E-state index contributed by atoms with van der Waals surface area (Å²) >= 11 is 6.04. The van der Waals surface area contributed by atoms with Crippen LogP contribution in [0.15, 0.2) is 59.6 Å². The van der Waals surface area contributed by atoms with Crippen molar-refractivity contribution >= 4 is 43.9 Å². The number of sulfonamides is 1. The SMILES string of the molecule is CN1CCCC1CNS(=O)(=O)c1ccc(Nc2ccnc3cc(Cl)ccc23)cc1. The topological polar surface area (TPSA) is 74.3 Å². The summed E-state index contributed by atoms with van der Waals surface area (Å²) < 4.78 is 27.9. The van der Waals surface area contributed by atoms with Crippen LogP contribution in [-0.2, 0) is 10.0 Å². The summed E-state index contributed by atoms with van der Waals surface area (Å²) in [5, 5.41) is 4.90. The van der Waals surface area contributed by atoms with Gasteiger partial charge >= 0.3 is 0 Å². The standard InChI is InChI=1S/C21H23ClN4O2S/c1-26-12-2-3-17(26)14-24-29(27,28)18-7-5-16(6-8-18)25-20-10-11-23-21-13-15(22)4-9-19(20)21/h4-11,13,17,24H,2-3,12,14H2,1H3,(H,23,25). The second-order valence-electron chi connectivity index (χ2n) is 7.30. The highest BCUT2D eigenvalue weighted by Gasteiger charge is 2.23. The molecule has 1 aliphatic rings. The van der Waals surface area contributed by atoms with Crippen molar-refractivity contribution in [3.8, 4) is 0 Å². The Hall–Kier alpha value is -2.19. The Morgan fingerprint density at radius 3 is 2.69 bits per heavy atom. The monoisotopic (exact) mass is 430 g/mol. The minimum absolute atomic E-state index is 0.259. The molecule has 0 saturated carbocycles. The van der Waals surface area contributed by atoms with Gasteiger partial charge in [-0.25, -0.2) is 13.1 Å². The number of anilines is 2. The molecule has 1 atom stereocenters. The van der Waals surface area contributed by atoms with Crippen LogP contribution in [0.1, 0.15) is 12.8 Å². The van der Waals surface area contributed by atoms with Gasteiger partial charge in [0.15, 0.2) is 0 Å². The zero-order valence-corrected chi connectivity index (χ0v) is 17.7. The van der Waals surface area contributed by atoms with E-state index in [9.17, 15) is 8.42 Å². The Labute approximate surface area is 175 Å². The molecule has 152 valence electrons. The number of fused-ring (bicyclic) bond motifs is 1. The van der Waals surface area contributed by atoms with Gasteiger partial charge in [0, 0.05) is 40.6 Å². The molecule has 6 nitrogen and oxygen atoms in total. The fourth-order valence-corrected chi connectivity index (χ4v) is 4.87. The van der Waals surface area contributed by atoms with Crippen LogP contribution in [0.25, 0.3) is 10.9 Å². The molecule has 1 unspecified atom stereocenters. The van der Waals surface area contributed by atoms with Gasteiger partial charge in [-0.1, -0.05) is 11.6 Å². The molecular formula is C21H23ClN4O2S. The molecule has 1 fully saturated rings. The molecule has 1 saturated heterocycles. The van der Waals surface area contributed by atoms with E-state index in [0.29, 0.717) is 11.6 Å². The fourth-order valence-electron chi connectivity index (χ4n) is 3.63. The van der Waals surface area contributed by atoms with E-state index >= 15 is 0 Å². The Morgan fingerprint density at radius 1 is 1.17 bits per heavy atom. The number of pyridine rings is 1. The predicted octanol–water partition coefficient (Wildman–Crippen LogP) is 4.00. The molecule has 2 aromatic carbocycles. The van der Waals surface area contributed by atoms with Gasteiger partial charge in [0.1, 0.15) is 0 Å². The number of nitrogens with one attached hydrogen (secondary N) is 2. The van der Waals surface area contributed by atoms with Crippen molar-refractivity contribution < 1.29 is 8.42 Å². The maximum Gasteiger partial charge on any atom is 0.240 e. The molecule has 1 aliphatic heterocycles. The number of likely N-dealkylation sites (N-methyl/N-ethyl adjacent to an activating group) is 1. The Bertz CT molecular complexity index is 1120. The average molecular weight is 431 g/mol. The zero-order valence-electron chi connectivity index (χ0n) is 16.1. The van der Waals surface area contributed by atoms with E-state index in [2.05, 4.69) is 19.9 Å². The summed E-state index contributed by atoms with van der Waals surface area (Å²) in [6, 6.07) is 14.4. The molecule has 0 radical (unpaired) electrons. The van der Waals surface area contributed by atoms with Crippen molar-refractivity contribution in [3.63, 3.8) is 0 Å². The van der Waals surface area contributed by atoms with Crippen LogP contribution in [0, 0.1) is 0 Å². The largest absolute Gasteiger partial charge is 0.355 e. The molecule has 0 aliphatic carbocycles. The highest BCUT2D eigenvalue weighted by atomic mass is 35.5. The van der Waals surface area contributed by atoms with E-state index < -0.39 is 10.0 Å². The maximum absolute atomic E-state index is 12.6. The summed E-state index contributed by atoms with van der Waals surface area (Å²) in [7, 11) is -1.50. The Balaban J connectivity index is 1.48. The number of halogens is 1. The van der Waals surface area contributed by atoms with Gasteiger partial charge in [-0.3, -0.25) is 4.98 Å². The molecule has 29 heavy (non-hydrogen) atoms. The van der Waals surface area contributed by atoms with Crippen LogP contribution >= 0.6 is 11.6 Å². The van der Waals surface area contributed by atoms with Gasteiger partial charge in [-0.15, -0.1) is 0 Å². The van der Waals surface area contributed by atoms with Crippen LogP contribution < -0.4 is 10.0 Å². The average Bonchev–Trinajstić information content (AvgIpc) is 3.12. The first-order chi connectivity index (χ1) is 13.9. The van der Waals surface area contributed by atoms with Crippen LogP contribution in [-0.4, -0.2) is 44.5 Å². The van der Waals surface area contributed by atoms with E-state index in [4.69, 9.17) is 11.6 Å². The molecule has 0 amide bonds. The van der Waals surface area contributed by atoms with Crippen molar-refractivity contribution in [1.29, 1.82) is 0 Å². The van der Waals surface area contributed by atoms with Crippen molar-refractivity contribution in [3.05, 3.63) is 59.8 Å². The fraction of sp³-hybridized carbons (Fsp3) is 0.286. The van der Waals surface area contributed by atoms with E-state index in [1.165, 1.54) is 0 Å². The van der Waals surface area contributed by atoms with Crippen LogP contribution in [0.5, 0.6) is 0 Å². The first kappa shape index (κ1) is 20.1. The van der Waals surface area contributed by atoms with Crippen LogP contribution in [0.4, 0.5) is 11.4 Å². The number of hydrogen-bond acceptors (Lipinski definition) is 5. The highest BCUT2D eigenvalue weighted by Crippen LogP contribution is 2.27. The first-order valence-corrected chi connectivity index (χ1v) is 11.4. The highest BCUT2D eigenvalue weighted by molar-refractivity contribution is 7.89. The molecule has 1 aromatic heterocycles. The molecule has 0 bridgehead atoms. The lowest BCUT2D eigenvalue weighted by Gasteiger charge is -2.19. The number of rotatable bonds is 6. The second kappa shape index (κ2) is 8.28. The molecule has 2 heterocycles. The second-order valence-corrected chi connectivity index (χ2v) is 9.50.